The highest BCUT2D eigenvalue weighted by molar-refractivity contribution is 7.89. The lowest BCUT2D eigenvalue weighted by atomic mass is 10.2. The van der Waals surface area contributed by atoms with Crippen LogP contribution in [0.25, 0.3) is 0 Å². The highest BCUT2D eigenvalue weighted by Crippen LogP contribution is 2.22. The van der Waals surface area contributed by atoms with Gasteiger partial charge in [-0.1, -0.05) is 6.07 Å². The van der Waals surface area contributed by atoms with Gasteiger partial charge in [0.05, 0.1) is 10.5 Å². The summed E-state index contributed by atoms with van der Waals surface area (Å²) in [6, 6.07) is 6.27. The number of amides is 1. The third kappa shape index (κ3) is 3.01. The molecule has 7 heteroatoms. The van der Waals surface area contributed by atoms with Crippen LogP contribution in [0.3, 0.4) is 0 Å². The Kier molecular flexibility index (Phi) is 3.70. The fraction of sp³-hybridized carbons (Fsp3) is 0.0833. The monoisotopic (exact) mass is 296 g/mol. The largest absolute Gasteiger partial charge is 0.322 e. The first kappa shape index (κ1) is 13.7. The standard InChI is InChI=1S/C12H12N2O3S2/c1-8-10(3-2-4-11(8)19(13,16)17)14-12(15)9-5-6-18-7-9/h2-7H,1H3,(H,14,15)(H2,13,16,17). The summed E-state index contributed by atoms with van der Waals surface area (Å²) in [5.41, 5.74) is 1.39. The molecule has 0 saturated heterocycles. The number of thiophene rings is 1. The summed E-state index contributed by atoms with van der Waals surface area (Å²) in [4.78, 5) is 11.9. The van der Waals surface area contributed by atoms with Gasteiger partial charge in [0.15, 0.2) is 0 Å². The molecule has 2 aromatic rings. The molecule has 0 spiro atoms. The molecule has 0 bridgehead atoms. The molecule has 0 aliphatic heterocycles. The van der Waals surface area contributed by atoms with Crippen LogP contribution in [0.2, 0.25) is 0 Å². The third-order valence-electron chi connectivity index (χ3n) is 2.62. The zero-order valence-corrected chi connectivity index (χ0v) is 11.7. The lowest BCUT2D eigenvalue weighted by molar-refractivity contribution is 0.102. The summed E-state index contributed by atoms with van der Waals surface area (Å²) >= 11 is 1.41. The Morgan fingerprint density at radius 2 is 2.05 bits per heavy atom. The summed E-state index contributed by atoms with van der Waals surface area (Å²) < 4.78 is 22.8. The maximum atomic E-state index is 11.9. The number of primary sulfonamides is 1. The second-order valence-electron chi connectivity index (χ2n) is 3.94. The maximum absolute atomic E-state index is 11.9. The van der Waals surface area contributed by atoms with Gasteiger partial charge in [-0.25, -0.2) is 13.6 Å². The number of benzene rings is 1. The Morgan fingerprint density at radius 1 is 1.32 bits per heavy atom. The van der Waals surface area contributed by atoms with Crippen LogP contribution in [0.5, 0.6) is 0 Å². The van der Waals surface area contributed by atoms with Crippen LogP contribution in [0.4, 0.5) is 5.69 Å². The van der Waals surface area contributed by atoms with Crippen molar-refractivity contribution in [2.75, 3.05) is 5.32 Å². The molecule has 3 N–H and O–H groups in total. The van der Waals surface area contributed by atoms with E-state index in [9.17, 15) is 13.2 Å². The summed E-state index contributed by atoms with van der Waals surface area (Å²) in [6.45, 7) is 1.60. The second kappa shape index (κ2) is 5.12. The number of rotatable bonds is 3. The van der Waals surface area contributed by atoms with Crippen LogP contribution < -0.4 is 10.5 Å². The Bertz CT molecular complexity index is 707. The minimum absolute atomic E-state index is 0.00983. The van der Waals surface area contributed by atoms with Gasteiger partial charge >= 0.3 is 0 Å². The van der Waals surface area contributed by atoms with Gasteiger partial charge in [0.2, 0.25) is 10.0 Å². The molecule has 2 rings (SSSR count). The van der Waals surface area contributed by atoms with Crippen molar-refractivity contribution >= 4 is 33.0 Å². The van der Waals surface area contributed by atoms with Crippen molar-refractivity contribution in [3.8, 4) is 0 Å². The number of nitrogens with two attached hydrogens (primary N) is 1. The quantitative estimate of drug-likeness (QED) is 0.907. The molecule has 1 aromatic carbocycles. The summed E-state index contributed by atoms with van der Waals surface area (Å²) in [6.07, 6.45) is 0. The van der Waals surface area contributed by atoms with Crippen molar-refractivity contribution in [1.82, 2.24) is 0 Å². The number of hydrogen-bond donors (Lipinski definition) is 2. The Balaban J connectivity index is 2.35. The van der Waals surface area contributed by atoms with Gasteiger partial charge in [-0.05, 0) is 36.1 Å². The first-order valence-corrected chi connectivity index (χ1v) is 7.84. The fourth-order valence-corrected chi connectivity index (χ4v) is 3.09. The lowest BCUT2D eigenvalue weighted by Gasteiger charge is -2.10. The van der Waals surface area contributed by atoms with Gasteiger partial charge in [-0.15, -0.1) is 0 Å². The molecule has 0 fully saturated rings. The van der Waals surface area contributed by atoms with Crippen LogP contribution in [0.15, 0.2) is 39.9 Å². The molecule has 1 heterocycles. The lowest BCUT2D eigenvalue weighted by Crippen LogP contribution is -2.16. The normalized spacial score (nSPS) is 11.3. The second-order valence-corrected chi connectivity index (χ2v) is 6.25. The predicted octanol–water partition coefficient (Wildman–Crippen LogP) is 1.96. The van der Waals surface area contributed by atoms with Crippen molar-refractivity contribution in [1.29, 1.82) is 0 Å². The van der Waals surface area contributed by atoms with E-state index >= 15 is 0 Å². The van der Waals surface area contributed by atoms with Gasteiger partial charge in [0.25, 0.3) is 5.91 Å². The highest BCUT2D eigenvalue weighted by Gasteiger charge is 2.15. The topological polar surface area (TPSA) is 89.3 Å². The number of nitrogens with one attached hydrogen (secondary N) is 1. The molecule has 0 radical (unpaired) electrons. The molecule has 19 heavy (non-hydrogen) atoms. The van der Waals surface area contributed by atoms with E-state index in [0.29, 0.717) is 16.8 Å². The smallest absolute Gasteiger partial charge is 0.256 e. The van der Waals surface area contributed by atoms with Crippen molar-refractivity contribution in [3.63, 3.8) is 0 Å². The molecular weight excluding hydrogens is 284 g/mol. The third-order valence-corrected chi connectivity index (χ3v) is 4.36. The van der Waals surface area contributed by atoms with Gasteiger partial charge in [0, 0.05) is 11.1 Å². The summed E-state index contributed by atoms with van der Waals surface area (Å²) in [7, 11) is -3.79. The number of carbonyl (C=O) groups excluding carboxylic acids is 1. The SMILES string of the molecule is Cc1c(NC(=O)c2ccsc2)cccc1S(N)(=O)=O. The first-order chi connectivity index (χ1) is 8.89. The summed E-state index contributed by atoms with van der Waals surface area (Å²) in [5.74, 6) is -0.282. The molecule has 0 unspecified atom stereocenters. The van der Waals surface area contributed by atoms with Gasteiger partial charge in [-0.2, -0.15) is 11.3 Å². The van der Waals surface area contributed by atoms with E-state index in [-0.39, 0.29) is 10.8 Å². The van der Waals surface area contributed by atoms with E-state index < -0.39 is 10.0 Å². The molecule has 0 aliphatic carbocycles. The van der Waals surface area contributed by atoms with Crippen molar-refractivity contribution < 1.29 is 13.2 Å². The van der Waals surface area contributed by atoms with Gasteiger partial charge in [0.1, 0.15) is 0 Å². The van der Waals surface area contributed by atoms with E-state index in [0.717, 1.165) is 0 Å². The minimum atomic E-state index is -3.79. The molecular formula is C12H12N2O3S2. The zero-order chi connectivity index (χ0) is 14.0. The van der Waals surface area contributed by atoms with E-state index in [2.05, 4.69) is 5.32 Å². The molecule has 5 nitrogen and oxygen atoms in total. The number of carbonyl (C=O) groups is 1. The Morgan fingerprint density at radius 3 is 2.63 bits per heavy atom. The van der Waals surface area contributed by atoms with E-state index in [1.807, 2.05) is 0 Å². The van der Waals surface area contributed by atoms with Gasteiger partial charge in [-0.3, -0.25) is 4.79 Å². The van der Waals surface area contributed by atoms with Crippen LogP contribution in [0, 0.1) is 6.92 Å². The van der Waals surface area contributed by atoms with Crippen LogP contribution >= 0.6 is 11.3 Å². The predicted molar refractivity (Wildman–Crippen MR) is 74.8 cm³/mol. The van der Waals surface area contributed by atoms with Gasteiger partial charge < -0.3 is 5.32 Å². The van der Waals surface area contributed by atoms with E-state index in [1.54, 1.807) is 29.8 Å². The van der Waals surface area contributed by atoms with Crippen molar-refractivity contribution in [3.05, 3.63) is 46.2 Å². The molecule has 1 amide bonds. The van der Waals surface area contributed by atoms with E-state index in [1.165, 1.54) is 23.5 Å². The number of hydrogen-bond acceptors (Lipinski definition) is 4. The molecule has 100 valence electrons. The van der Waals surface area contributed by atoms with Crippen LogP contribution in [0.1, 0.15) is 15.9 Å². The fourth-order valence-electron chi connectivity index (χ4n) is 1.65. The summed E-state index contributed by atoms with van der Waals surface area (Å²) in [5, 5.41) is 11.3. The zero-order valence-electron chi connectivity index (χ0n) is 10.1. The molecule has 0 atom stereocenters. The Labute approximate surface area is 115 Å². The van der Waals surface area contributed by atoms with Crippen molar-refractivity contribution in [2.24, 2.45) is 5.14 Å². The molecule has 1 aromatic heterocycles. The Hall–Kier alpha value is -1.70. The number of anilines is 1. The average Bonchev–Trinajstić information content (AvgIpc) is 2.83. The number of sulfonamides is 1. The first-order valence-electron chi connectivity index (χ1n) is 5.35. The minimum Gasteiger partial charge on any atom is -0.322 e. The molecule has 0 aliphatic rings. The maximum Gasteiger partial charge on any atom is 0.256 e. The van der Waals surface area contributed by atoms with Crippen LogP contribution in [-0.4, -0.2) is 14.3 Å². The van der Waals surface area contributed by atoms with Crippen LogP contribution in [-0.2, 0) is 10.0 Å². The molecule has 0 saturated carbocycles. The highest BCUT2D eigenvalue weighted by atomic mass is 32.2. The average molecular weight is 296 g/mol. The van der Waals surface area contributed by atoms with Crippen molar-refractivity contribution in [2.45, 2.75) is 11.8 Å². The van der Waals surface area contributed by atoms with E-state index in [4.69, 9.17) is 5.14 Å².